The first-order valence-electron chi connectivity index (χ1n) is 4.80. The zero-order valence-electron chi connectivity index (χ0n) is 8.86. The van der Waals surface area contributed by atoms with Gasteiger partial charge in [0.25, 0.3) is 0 Å². The number of benzene rings is 1. The number of hydrogen-bond donors (Lipinski definition) is 3. The maximum atomic E-state index is 13.2. The van der Waals surface area contributed by atoms with E-state index in [-0.39, 0.29) is 10.8 Å². The number of hydrogen-bond acceptors (Lipinski definition) is 4. The molecule has 3 N–H and O–H groups in total. The predicted octanol–water partition coefficient (Wildman–Crippen LogP) is 1.76. The Morgan fingerprint density at radius 2 is 1.71 bits per heavy atom. The van der Waals surface area contributed by atoms with Crippen LogP contribution in [0.4, 0.5) is 4.39 Å². The number of rotatable bonds is 0. The normalized spacial score (nSPS) is 10.7. The van der Waals surface area contributed by atoms with Crippen molar-refractivity contribution in [3.05, 3.63) is 39.8 Å². The fraction of sp³-hybridized carbons (Fsp3) is 0.0833. The molecule has 17 heavy (non-hydrogen) atoms. The largest absolute Gasteiger partial charge is 0.504 e. The van der Waals surface area contributed by atoms with Crippen LogP contribution >= 0.6 is 0 Å². The summed E-state index contributed by atoms with van der Waals surface area (Å²) in [6, 6.07) is 3.56. The average molecular weight is 236 g/mol. The molecule has 0 radical (unpaired) electrons. The molecular formula is C12H9FO4. The summed E-state index contributed by atoms with van der Waals surface area (Å²) in [5.41, 5.74) is -0.333. The standard InChI is InChI=1S/C12H9FO4/c1-5-2-6-4-7(13)10(15)12(17)9(6)11(16)8(14)3-5/h2-4,15,17H,1H3,(H,14,16). The van der Waals surface area contributed by atoms with Crippen LogP contribution in [0.3, 0.4) is 0 Å². The Bertz CT molecular complexity index is 680. The molecule has 0 amide bonds. The first-order valence-corrected chi connectivity index (χ1v) is 4.80. The van der Waals surface area contributed by atoms with E-state index < -0.39 is 28.5 Å². The van der Waals surface area contributed by atoms with E-state index >= 15 is 0 Å². The minimum Gasteiger partial charge on any atom is -0.504 e. The number of fused-ring (bicyclic) bond motifs is 1. The van der Waals surface area contributed by atoms with Crippen molar-refractivity contribution in [2.75, 3.05) is 0 Å². The zero-order valence-corrected chi connectivity index (χ0v) is 8.86. The van der Waals surface area contributed by atoms with Crippen LogP contribution in [0.2, 0.25) is 0 Å². The van der Waals surface area contributed by atoms with Crippen LogP contribution in [0.1, 0.15) is 5.56 Å². The van der Waals surface area contributed by atoms with E-state index in [1.165, 1.54) is 12.1 Å². The second kappa shape index (κ2) is 3.62. The fourth-order valence-corrected chi connectivity index (χ4v) is 1.69. The first-order chi connectivity index (χ1) is 7.91. The summed E-state index contributed by atoms with van der Waals surface area (Å²) in [6.45, 7) is 1.61. The van der Waals surface area contributed by atoms with Crippen LogP contribution in [0, 0.1) is 12.7 Å². The van der Waals surface area contributed by atoms with Crippen LogP contribution < -0.4 is 5.43 Å². The Kier molecular flexibility index (Phi) is 2.38. The fourth-order valence-electron chi connectivity index (χ4n) is 1.69. The lowest BCUT2D eigenvalue weighted by molar-refractivity contribution is 0.383. The number of halogens is 1. The summed E-state index contributed by atoms with van der Waals surface area (Å²) < 4.78 is 13.2. The van der Waals surface area contributed by atoms with Gasteiger partial charge in [-0.15, -0.1) is 0 Å². The number of aryl methyl sites for hydroxylation is 1. The lowest BCUT2D eigenvalue weighted by Crippen LogP contribution is -1.98. The molecule has 0 aliphatic rings. The van der Waals surface area contributed by atoms with Gasteiger partial charge in [-0.1, -0.05) is 6.07 Å². The molecule has 2 rings (SSSR count). The van der Waals surface area contributed by atoms with Crippen LogP contribution in [-0.2, 0) is 0 Å². The van der Waals surface area contributed by atoms with Crippen LogP contribution in [0.25, 0.3) is 10.8 Å². The molecule has 0 saturated carbocycles. The van der Waals surface area contributed by atoms with Crippen molar-refractivity contribution >= 4 is 10.8 Å². The van der Waals surface area contributed by atoms with Crippen molar-refractivity contribution in [3.8, 4) is 17.2 Å². The van der Waals surface area contributed by atoms with Crippen molar-refractivity contribution in [1.82, 2.24) is 0 Å². The lowest BCUT2D eigenvalue weighted by atomic mass is 10.1. The van der Waals surface area contributed by atoms with Gasteiger partial charge in [-0.2, -0.15) is 0 Å². The summed E-state index contributed by atoms with van der Waals surface area (Å²) in [4.78, 5) is 11.7. The Hall–Kier alpha value is -2.30. The van der Waals surface area contributed by atoms with Crippen LogP contribution in [0.15, 0.2) is 23.0 Å². The molecule has 0 aromatic heterocycles. The average Bonchev–Trinajstić information content (AvgIpc) is 2.34. The molecule has 88 valence electrons. The summed E-state index contributed by atoms with van der Waals surface area (Å²) in [7, 11) is 0. The van der Waals surface area contributed by atoms with E-state index in [2.05, 4.69) is 0 Å². The third-order valence-electron chi connectivity index (χ3n) is 2.47. The van der Waals surface area contributed by atoms with Gasteiger partial charge in [0.1, 0.15) is 0 Å². The van der Waals surface area contributed by atoms with Gasteiger partial charge in [0.05, 0.1) is 5.39 Å². The minimum absolute atomic E-state index is 0.112. The van der Waals surface area contributed by atoms with Gasteiger partial charge >= 0.3 is 0 Å². The number of phenolic OH excluding ortho intramolecular Hbond substituents is 2. The Morgan fingerprint density at radius 3 is 2.35 bits per heavy atom. The summed E-state index contributed by atoms with van der Waals surface area (Å²) >= 11 is 0. The summed E-state index contributed by atoms with van der Waals surface area (Å²) in [6.07, 6.45) is 0. The highest BCUT2D eigenvalue weighted by atomic mass is 19.1. The Labute approximate surface area is 95.2 Å². The van der Waals surface area contributed by atoms with E-state index in [9.17, 15) is 24.5 Å². The molecule has 0 spiro atoms. The van der Waals surface area contributed by atoms with Crippen molar-refractivity contribution in [1.29, 1.82) is 0 Å². The topological polar surface area (TPSA) is 77.8 Å². The highest BCUT2D eigenvalue weighted by Crippen LogP contribution is 2.34. The quantitative estimate of drug-likeness (QED) is 0.609. The highest BCUT2D eigenvalue weighted by molar-refractivity contribution is 5.91. The van der Waals surface area contributed by atoms with Gasteiger partial charge in [0.15, 0.2) is 23.1 Å². The molecule has 0 atom stereocenters. The lowest BCUT2D eigenvalue weighted by Gasteiger charge is -2.01. The van der Waals surface area contributed by atoms with Crippen molar-refractivity contribution in [2.24, 2.45) is 0 Å². The van der Waals surface area contributed by atoms with E-state index in [1.807, 2.05) is 0 Å². The van der Waals surface area contributed by atoms with Crippen LogP contribution in [0.5, 0.6) is 17.2 Å². The maximum Gasteiger partial charge on any atom is 0.231 e. The van der Waals surface area contributed by atoms with Crippen molar-refractivity contribution in [2.45, 2.75) is 6.92 Å². The molecule has 0 unspecified atom stereocenters. The van der Waals surface area contributed by atoms with Gasteiger partial charge < -0.3 is 15.3 Å². The van der Waals surface area contributed by atoms with Gasteiger partial charge in [0.2, 0.25) is 5.43 Å². The summed E-state index contributed by atoms with van der Waals surface area (Å²) in [5, 5.41) is 28.0. The molecule has 2 aromatic carbocycles. The van der Waals surface area contributed by atoms with Crippen molar-refractivity contribution in [3.63, 3.8) is 0 Å². The highest BCUT2D eigenvalue weighted by Gasteiger charge is 2.15. The molecule has 0 bridgehead atoms. The second-order valence-electron chi connectivity index (χ2n) is 3.77. The third kappa shape index (κ3) is 1.65. The van der Waals surface area contributed by atoms with E-state index in [0.717, 1.165) is 6.07 Å². The van der Waals surface area contributed by atoms with E-state index in [1.54, 1.807) is 6.92 Å². The van der Waals surface area contributed by atoms with Gasteiger partial charge in [0, 0.05) is 0 Å². The molecular weight excluding hydrogens is 227 g/mol. The molecule has 5 heteroatoms. The smallest absolute Gasteiger partial charge is 0.231 e. The molecule has 0 heterocycles. The van der Waals surface area contributed by atoms with Gasteiger partial charge in [-0.05, 0) is 30.0 Å². The Balaban J connectivity index is 3.16. The molecule has 0 fully saturated rings. The third-order valence-corrected chi connectivity index (χ3v) is 2.47. The molecule has 2 aromatic rings. The van der Waals surface area contributed by atoms with E-state index in [0.29, 0.717) is 5.56 Å². The van der Waals surface area contributed by atoms with Crippen molar-refractivity contribution < 1.29 is 19.7 Å². The first kappa shape index (κ1) is 11.2. The number of aromatic hydroxyl groups is 3. The SMILES string of the molecule is Cc1cc(O)c(=O)c2c(O)c(O)c(F)cc2c1. The van der Waals surface area contributed by atoms with Crippen LogP contribution in [-0.4, -0.2) is 15.3 Å². The summed E-state index contributed by atoms with van der Waals surface area (Å²) in [5.74, 6) is -3.47. The molecule has 0 saturated heterocycles. The Morgan fingerprint density at radius 1 is 1.06 bits per heavy atom. The monoisotopic (exact) mass is 236 g/mol. The van der Waals surface area contributed by atoms with Gasteiger partial charge in [-0.25, -0.2) is 4.39 Å². The van der Waals surface area contributed by atoms with E-state index in [4.69, 9.17) is 0 Å². The number of phenols is 2. The van der Waals surface area contributed by atoms with Gasteiger partial charge in [-0.3, -0.25) is 4.79 Å². The predicted molar refractivity (Wildman–Crippen MR) is 59.9 cm³/mol. The zero-order chi connectivity index (χ0) is 12.7. The minimum atomic E-state index is -1.03. The molecule has 0 aliphatic carbocycles. The molecule has 4 nitrogen and oxygen atoms in total. The maximum absolute atomic E-state index is 13.2. The molecule has 0 aliphatic heterocycles. The second-order valence-corrected chi connectivity index (χ2v) is 3.77.